The molecule has 1 unspecified atom stereocenters. The zero-order valence-corrected chi connectivity index (χ0v) is 17.8. The summed E-state index contributed by atoms with van der Waals surface area (Å²) in [6.45, 7) is 2.20. The highest BCUT2D eigenvalue weighted by molar-refractivity contribution is 5.79. The summed E-state index contributed by atoms with van der Waals surface area (Å²) in [5, 5.41) is 11.9. The number of amides is 1. The van der Waals surface area contributed by atoms with E-state index < -0.39 is 0 Å². The van der Waals surface area contributed by atoms with Crippen LogP contribution in [-0.4, -0.2) is 42.8 Å². The molecule has 1 aliphatic heterocycles. The fourth-order valence-electron chi connectivity index (χ4n) is 3.92. The second-order valence-electron chi connectivity index (χ2n) is 7.82. The molecule has 31 heavy (non-hydrogen) atoms. The first-order valence-corrected chi connectivity index (χ1v) is 10.8. The topological polar surface area (TPSA) is 67.3 Å². The van der Waals surface area contributed by atoms with Gasteiger partial charge < -0.3 is 15.0 Å². The maximum absolute atomic E-state index is 12.7. The third-order valence-corrected chi connectivity index (χ3v) is 5.71. The Morgan fingerprint density at radius 3 is 2.58 bits per heavy atom. The van der Waals surface area contributed by atoms with Gasteiger partial charge in [-0.3, -0.25) is 4.79 Å². The third kappa shape index (κ3) is 5.40. The number of carbonyl (C=O) groups excluding carboxylic acids is 1. The van der Waals surface area contributed by atoms with Gasteiger partial charge in [-0.25, -0.2) is 0 Å². The fraction of sp³-hybridized carbons (Fsp3) is 0.320. The van der Waals surface area contributed by atoms with Gasteiger partial charge in [0.15, 0.2) is 5.82 Å². The Morgan fingerprint density at radius 2 is 1.87 bits per heavy atom. The molecule has 2 aromatic carbocycles. The summed E-state index contributed by atoms with van der Waals surface area (Å²) < 4.78 is 5.18. The minimum absolute atomic E-state index is 0.0276. The first-order chi connectivity index (χ1) is 15.2. The van der Waals surface area contributed by atoms with Crippen LogP contribution >= 0.6 is 0 Å². The van der Waals surface area contributed by atoms with Gasteiger partial charge in [0.2, 0.25) is 5.91 Å². The van der Waals surface area contributed by atoms with Crippen molar-refractivity contribution in [1.29, 1.82) is 0 Å². The molecular weight excluding hydrogens is 388 g/mol. The predicted molar refractivity (Wildman–Crippen MR) is 122 cm³/mol. The summed E-state index contributed by atoms with van der Waals surface area (Å²) in [4.78, 5) is 14.9. The number of nitrogens with one attached hydrogen (secondary N) is 1. The van der Waals surface area contributed by atoms with Crippen LogP contribution in [0, 0.1) is 5.92 Å². The molecule has 6 heteroatoms. The number of piperidine rings is 1. The van der Waals surface area contributed by atoms with Crippen LogP contribution in [0.4, 0.5) is 5.82 Å². The number of hydrogen-bond acceptors (Lipinski definition) is 5. The Morgan fingerprint density at radius 1 is 1.06 bits per heavy atom. The fourth-order valence-corrected chi connectivity index (χ4v) is 3.92. The molecule has 3 aromatic rings. The van der Waals surface area contributed by atoms with E-state index in [9.17, 15) is 4.79 Å². The van der Waals surface area contributed by atoms with Gasteiger partial charge in [-0.2, -0.15) is 0 Å². The van der Waals surface area contributed by atoms with Crippen LogP contribution in [0.1, 0.15) is 18.4 Å². The number of nitrogens with zero attached hydrogens (tertiary/aromatic N) is 3. The van der Waals surface area contributed by atoms with Gasteiger partial charge in [-0.15, -0.1) is 10.2 Å². The van der Waals surface area contributed by atoms with Gasteiger partial charge >= 0.3 is 0 Å². The lowest BCUT2D eigenvalue weighted by atomic mass is 9.97. The smallest absolute Gasteiger partial charge is 0.224 e. The van der Waals surface area contributed by atoms with Crippen molar-refractivity contribution < 1.29 is 9.53 Å². The molecule has 1 N–H and O–H groups in total. The maximum atomic E-state index is 12.7. The van der Waals surface area contributed by atoms with Crippen LogP contribution < -0.4 is 15.0 Å². The summed E-state index contributed by atoms with van der Waals surface area (Å²) in [5.41, 5.74) is 3.09. The number of hydrogen-bond donors (Lipinski definition) is 1. The van der Waals surface area contributed by atoms with E-state index >= 15 is 0 Å². The van der Waals surface area contributed by atoms with E-state index in [1.54, 1.807) is 7.11 Å². The molecule has 0 saturated carbocycles. The van der Waals surface area contributed by atoms with Crippen molar-refractivity contribution in [3.63, 3.8) is 0 Å². The van der Waals surface area contributed by atoms with Crippen molar-refractivity contribution in [2.45, 2.75) is 19.3 Å². The number of aromatic nitrogens is 2. The quantitative estimate of drug-likeness (QED) is 0.636. The highest BCUT2D eigenvalue weighted by Crippen LogP contribution is 2.23. The highest BCUT2D eigenvalue weighted by Gasteiger charge is 2.26. The van der Waals surface area contributed by atoms with Gasteiger partial charge in [0, 0.05) is 25.2 Å². The third-order valence-electron chi connectivity index (χ3n) is 5.71. The average Bonchev–Trinajstić information content (AvgIpc) is 2.85. The van der Waals surface area contributed by atoms with Crippen molar-refractivity contribution in [2.24, 2.45) is 5.92 Å². The minimum Gasteiger partial charge on any atom is -0.497 e. The Kier molecular flexibility index (Phi) is 6.77. The van der Waals surface area contributed by atoms with Crippen LogP contribution in [0.15, 0.2) is 66.7 Å². The van der Waals surface area contributed by atoms with Crippen LogP contribution in [-0.2, 0) is 11.2 Å². The molecule has 0 spiro atoms. The second kappa shape index (κ2) is 10.1. The number of ether oxygens (including phenoxy) is 1. The lowest BCUT2D eigenvalue weighted by molar-refractivity contribution is -0.125. The lowest BCUT2D eigenvalue weighted by Gasteiger charge is -2.32. The van der Waals surface area contributed by atoms with Crippen LogP contribution in [0.2, 0.25) is 0 Å². The zero-order valence-electron chi connectivity index (χ0n) is 17.8. The number of anilines is 1. The van der Waals surface area contributed by atoms with Crippen molar-refractivity contribution >= 4 is 11.7 Å². The normalized spacial score (nSPS) is 16.0. The van der Waals surface area contributed by atoms with Crippen molar-refractivity contribution in [1.82, 2.24) is 15.5 Å². The molecule has 0 bridgehead atoms. The zero-order chi connectivity index (χ0) is 21.5. The summed E-state index contributed by atoms with van der Waals surface area (Å²) in [6, 6.07) is 22.0. The van der Waals surface area contributed by atoms with Crippen molar-refractivity contribution in [2.75, 3.05) is 31.6 Å². The predicted octanol–water partition coefficient (Wildman–Crippen LogP) is 3.73. The molecule has 6 nitrogen and oxygen atoms in total. The van der Waals surface area contributed by atoms with E-state index in [1.807, 2.05) is 66.7 Å². The molecule has 1 aromatic heterocycles. The molecule has 1 saturated heterocycles. The Balaban J connectivity index is 1.29. The molecule has 0 radical (unpaired) electrons. The monoisotopic (exact) mass is 416 g/mol. The molecule has 1 aliphatic rings. The van der Waals surface area contributed by atoms with E-state index in [2.05, 4.69) is 20.4 Å². The second-order valence-corrected chi connectivity index (χ2v) is 7.82. The molecule has 1 amide bonds. The van der Waals surface area contributed by atoms with Crippen LogP contribution in [0.5, 0.6) is 5.75 Å². The average molecular weight is 417 g/mol. The molecule has 1 atom stereocenters. The van der Waals surface area contributed by atoms with Gasteiger partial charge in [0.05, 0.1) is 18.7 Å². The minimum atomic E-state index is -0.0276. The first kappa shape index (κ1) is 20.8. The molecule has 2 heterocycles. The van der Waals surface area contributed by atoms with E-state index in [-0.39, 0.29) is 11.8 Å². The Bertz CT molecular complexity index is 975. The van der Waals surface area contributed by atoms with Crippen molar-refractivity contribution in [3.8, 4) is 17.0 Å². The summed E-state index contributed by atoms with van der Waals surface area (Å²) in [6.07, 6.45) is 2.68. The van der Waals surface area contributed by atoms with Crippen LogP contribution in [0.3, 0.4) is 0 Å². The van der Waals surface area contributed by atoms with Gasteiger partial charge in [-0.1, -0.05) is 42.5 Å². The Labute approximate surface area is 183 Å². The number of rotatable bonds is 7. The van der Waals surface area contributed by atoms with E-state index in [1.165, 1.54) is 5.56 Å². The molecule has 1 fully saturated rings. The van der Waals surface area contributed by atoms with E-state index in [0.717, 1.165) is 48.6 Å². The van der Waals surface area contributed by atoms with Gasteiger partial charge in [-0.05, 0) is 49.1 Å². The van der Waals surface area contributed by atoms with Gasteiger partial charge in [0.25, 0.3) is 0 Å². The number of carbonyl (C=O) groups is 1. The largest absolute Gasteiger partial charge is 0.497 e. The van der Waals surface area contributed by atoms with E-state index in [4.69, 9.17) is 4.74 Å². The molecular formula is C25H28N4O2. The Hall–Kier alpha value is -3.41. The molecule has 4 rings (SSSR count). The number of methoxy groups -OCH3 is 1. The van der Waals surface area contributed by atoms with Gasteiger partial charge in [0.1, 0.15) is 5.75 Å². The summed E-state index contributed by atoms with van der Waals surface area (Å²) in [7, 11) is 1.66. The summed E-state index contributed by atoms with van der Waals surface area (Å²) >= 11 is 0. The highest BCUT2D eigenvalue weighted by atomic mass is 16.5. The maximum Gasteiger partial charge on any atom is 0.224 e. The molecule has 160 valence electrons. The van der Waals surface area contributed by atoms with Crippen LogP contribution in [0.25, 0.3) is 11.3 Å². The SMILES string of the molecule is COc1ccc(CCNC(=O)C2CCCN(c3ccc(-c4ccccc4)nn3)C2)cc1. The summed E-state index contributed by atoms with van der Waals surface area (Å²) in [5.74, 6) is 1.76. The lowest BCUT2D eigenvalue weighted by Crippen LogP contribution is -2.43. The van der Waals surface area contributed by atoms with Crippen molar-refractivity contribution in [3.05, 3.63) is 72.3 Å². The van der Waals surface area contributed by atoms with E-state index in [0.29, 0.717) is 13.1 Å². The number of benzene rings is 2. The molecule has 0 aliphatic carbocycles. The first-order valence-electron chi connectivity index (χ1n) is 10.8. The standard InChI is InChI=1S/C25H28N4O2/c1-31-22-11-9-19(10-12-22)15-16-26-25(30)21-8-5-17-29(18-21)24-14-13-23(27-28-24)20-6-3-2-4-7-20/h2-4,6-7,9-14,21H,5,8,15-18H2,1H3,(H,26,30).